The van der Waals surface area contributed by atoms with Crippen molar-refractivity contribution in [2.24, 2.45) is 5.92 Å². The lowest BCUT2D eigenvalue weighted by atomic mass is 9.91. The summed E-state index contributed by atoms with van der Waals surface area (Å²) in [5.41, 5.74) is 2.06. The van der Waals surface area contributed by atoms with Crippen LogP contribution in [-0.2, 0) is 4.79 Å². The quantitative estimate of drug-likeness (QED) is 0.841. The van der Waals surface area contributed by atoms with E-state index in [1.807, 2.05) is 30.3 Å². The molecule has 2 unspecified atom stereocenters. The molecule has 0 amide bonds. The summed E-state index contributed by atoms with van der Waals surface area (Å²) in [6, 6.07) is 15.5. The number of hydrogen-bond donors (Lipinski definition) is 1. The van der Waals surface area contributed by atoms with E-state index in [1.165, 1.54) is 0 Å². The summed E-state index contributed by atoms with van der Waals surface area (Å²) >= 11 is 12.5. The lowest BCUT2D eigenvalue weighted by Gasteiger charge is -2.38. The first-order valence-corrected chi connectivity index (χ1v) is 8.78. The Balaban J connectivity index is 2.01. The Bertz CT molecular complexity index is 721. The van der Waals surface area contributed by atoms with E-state index >= 15 is 0 Å². The molecule has 0 radical (unpaired) electrons. The molecular weight excluding hydrogens is 345 g/mol. The maximum absolute atomic E-state index is 11.4. The van der Waals surface area contributed by atoms with Crippen LogP contribution in [0.25, 0.3) is 0 Å². The Labute approximate surface area is 151 Å². The molecule has 1 heterocycles. The maximum atomic E-state index is 11.4. The molecule has 0 bridgehead atoms. The molecule has 0 spiro atoms. The van der Waals surface area contributed by atoms with E-state index < -0.39 is 5.97 Å². The molecule has 5 heteroatoms. The Kier molecular flexibility index (Phi) is 5.44. The van der Waals surface area contributed by atoms with Crippen molar-refractivity contribution in [3.05, 3.63) is 69.7 Å². The van der Waals surface area contributed by atoms with Crippen molar-refractivity contribution in [2.45, 2.75) is 18.9 Å². The van der Waals surface area contributed by atoms with Crippen LogP contribution >= 0.6 is 23.2 Å². The van der Waals surface area contributed by atoms with Crippen LogP contribution in [0.4, 0.5) is 0 Å². The van der Waals surface area contributed by atoms with Crippen molar-refractivity contribution in [3.63, 3.8) is 0 Å². The molecule has 0 aliphatic carbocycles. The highest BCUT2D eigenvalue weighted by Crippen LogP contribution is 2.37. The van der Waals surface area contributed by atoms with Gasteiger partial charge in [0.2, 0.25) is 0 Å². The molecule has 1 saturated heterocycles. The molecule has 0 saturated carbocycles. The minimum absolute atomic E-state index is 0.0712. The minimum atomic E-state index is -0.728. The second kappa shape index (κ2) is 7.56. The molecular formula is C19H19Cl2NO2. The average Bonchev–Trinajstić information content (AvgIpc) is 2.58. The van der Waals surface area contributed by atoms with Crippen LogP contribution in [0.15, 0.2) is 48.5 Å². The van der Waals surface area contributed by atoms with Gasteiger partial charge in [-0.2, -0.15) is 0 Å². The predicted octanol–water partition coefficient (Wildman–Crippen LogP) is 4.88. The van der Waals surface area contributed by atoms with Crippen molar-refractivity contribution >= 4 is 29.2 Å². The molecule has 2 aromatic carbocycles. The van der Waals surface area contributed by atoms with Crippen molar-refractivity contribution in [1.29, 1.82) is 0 Å². The van der Waals surface area contributed by atoms with Gasteiger partial charge in [0.05, 0.1) is 12.0 Å². The molecule has 0 aromatic heterocycles. The number of hydrogen-bond acceptors (Lipinski definition) is 2. The van der Waals surface area contributed by atoms with Gasteiger partial charge in [-0.05, 0) is 42.6 Å². The van der Waals surface area contributed by atoms with Crippen LogP contribution in [0.3, 0.4) is 0 Å². The SMILES string of the molecule is O=C(O)C1CCCN(C(c2ccccc2)c2ccc(Cl)cc2Cl)C1. The highest BCUT2D eigenvalue weighted by molar-refractivity contribution is 6.35. The van der Waals surface area contributed by atoms with Gasteiger partial charge < -0.3 is 5.11 Å². The topological polar surface area (TPSA) is 40.5 Å². The fourth-order valence-corrected chi connectivity index (χ4v) is 3.90. The summed E-state index contributed by atoms with van der Waals surface area (Å²) < 4.78 is 0. The highest BCUT2D eigenvalue weighted by Gasteiger charge is 2.32. The summed E-state index contributed by atoms with van der Waals surface area (Å²) in [5, 5.41) is 10.6. The maximum Gasteiger partial charge on any atom is 0.307 e. The molecule has 1 aliphatic rings. The third-order valence-electron chi connectivity index (χ3n) is 4.54. The van der Waals surface area contributed by atoms with E-state index in [1.54, 1.807) is 6.07 Å². The van der Waals surface area contributed by atoms with Gasteiger partial charge in [-0.3, -0.25) is 9.69 Å². The Morgan fingerprint density at radius 3 is 2.58 bits per heavy atom. The summed E-state index contributed by atoms with van der Waals surface area (Å²) in [7, 11) is 0. The lowest BCUT2D eigenvalue weighted by Crippen LogP contribution is -2.41. The number of carboxylic acids is 1. The molecule has 1 N–H and O–H groups in total. The van der Waals surface area contributed by atoms with E-state index in [4.69, 9.17) is 23.2 Å². The van der Waals surface area contributed by atoms with Crippen LogP contribution in [-0.4, -0.2) is 29.1 Å². The van der Waals surface area contributed by atoms with Crippen molar-refractivity contribution in [3.8, 4) is 0 Å². The van der Waals surface area contributed by atoms with Gasteiger partial charge >= 0.3 is 5.97 Å². The number of benzene rings is 2. The van der Waals surface area contributed by atoms with E-state index in [-0.39, 0.29) is 12.0 Å². The van der Waals surface area contributed by atoms with Crippen LogP contribution in [0.1, 0.15) is 30.0 Å². The molecule has 24 heavy (non-hydrogen) atoms. The Morgan fingerprint density at radius 2 is 1.92 bits per heavy atom. The number of rotatable bonds is 4. The molecule has 1 aliphatic heterocycles. The van der Waals surface area contributed by atoms with Gasteiger partial charge in [0, 0.05) is 16.6 Å². The normalized spacial score (nSPS) is 19.8. The zero-order valence-corrected chi connectivity index (χ0v) is 14.7. The Hall–Kier alpha value is -1.55. The highest BCUT2D eigenvalue weighted by atomic mass is 35.5. The van der Waals surface area contributed by atoms with Crippen LogP contribution in [0.2, 0.25) is 10.0 Å². The number of nitrogens with zero attached hydrogens (tertiary/aromatic N) is 1. The smallest absolute Gasteiger partial charge is 0.307 e. The van der Waals surface area contributed by atoms with Gasteiger partial charge in [-0.25, -0.2) is 0 Å². The number of piperidine rings is 1. The van der Waals surface area contributed by atoms with Gasteiger partial charge in [-0.15, -0.1) is 0 Å². The number of aliphatic carboxylic acids is 1. The molecule has 2 aromatic rings. The summed E-state index contributed by atoms with van der Waals surface area (Å²) in [5.74, 6) is -1.07. The van der Waals surface area contributed by atoms with Gasteiger partial charge in [0.25, 0.3) is 0 Å². The Morgan fingerprint density at radius 1 is 1.17 bits per heavy atom. The third-order valence-corrected chi connectivity index (χ3v) is 5.10. The summed E-state index contributed by atoms with van der Waals surface area (Å²) in [4.78, 5) is 13.7. The third kappa shape index (κ3) is 3.75. The number of halogens is 2. The average molecular weight is 364 g/mol. The second-order valence-electron chi connectivity index (χ2n) is 6.15. The molecule has 1 fully saturated rings. The molecule has 3 rings (SSSR count). The second-order valence-corrected chi connectivity index (χ2v) is 7.00. The summed E-state index contributed by atoms with van der Waals surface area (Å²) in [6.45, 7) is 1.37. The molecule has 2 atom stereocenters. The van der Waals surface area contributed by atoms with Crippen molar-refractivity contribution in [2.75, 3.05) is 13.1 Å². The zero-order chi connectivity index (χ0) is 17.1. The monoisotopic (exact) mass is 363 g/mol. The lowest BCUT2D eigenvalue weighted by molar-refractivity contribution is -0.143. The zero-order valence-electron chi connectivity index (χ0n) is 13.2. The van der Waals surface area contributed by atoms with E-state index in [9.17, 15) is 9.90 Å². The van der Waals surface area contributed by atoms with E-state index in [0.29, 0.717) is 16.6 Å². The van der Waals surface area contributed by atoms with Crippen LogP contribution in [0, 0.1) is 5.92 Å². The fourth-order valence-electron chi connectivity index (χ4n) is 3.39. The number of carbonyl (C=O) groups is 1. The first-order chi connectivity index (χ1) is 11.6. The fraction of sp³-hybridized carbons (Fsp3) is 0.316. The first-order valence-electron chi connectivity index (χ1n) is 8.03. The van der Waals surface area contributed by atoms with Gasteiger partial charge in [0.1, 0.15) is 0 Å². The van der Waals surface area contributed by atoms with Crippen LogP contribution in [0.5, 0.6) is 0 Å². The minimum Gasteiger partial charge on any atom is -0.481 e. The van der Waals surface area contributed by atoms with Crippen molar-refractivity contribution in [1.82, 2.24) is 4.90 Å². The predicted molar refractivity (Wildman–Crippen MR) is 96.7 cm³/mol. The van der Waals surface area contributed by atoms with E-state index in [0.717, 1.165) is 30.5 Å². The van der Waals surface area contributed by atoms with Crippen LogP contribution < -0.4 is 0 Å². The van der Waals surface area contributed by atoms with E-state index in [2.05, 4.69) is 17.0 Å². The van der Waals surface area contributed by atoms with Gasteiger partial charge in [-0.1, -0.05) is 59.6 Å². The van der Waals surface area contributed by atoms with Gasteiger partial charge in [0.15, 0.2) is 0 Å². The standard InChI is InChI=1S/C19H19Cl2NO2/c20-15-8-9-16(17(21)11-15)18(13-5-2-1-3-6-13)22-10-4-7-14(12-22)19(23)24/h1-3,5-6,8-9,11,14,18H,4,7,10,12H2,(H,23,24). The largest absolute Gasteiger partial charge is 0.481 e. The molecule has 3 nitrogen and oxygen atoms in total. The van der Waals surface area contributed by atoms with Crippen molar-refractivity contribution < 1.29 is 9.90 Å². The number of likely N-dealkylation sites (tertiary alicyclic amines) is 1. The molecule has 126 valence electrons. The first kappa shape index (κ1) is 17.3. The summed E-state index contributed by atoms with van der Waals surface area (Å²) in [6.07, 6.45) is 1.59. The number of carboxylic acid groups (broad SMARTS) is 1.